The third kappa shape index (κ3) is 6.66. The number of aryl methyl sites for hydroxylation is 2. The van der Waals surface area contributed by atoms with Crippen LogP contribution in [0.25, 0.3) is 115 Å². The van der Waals surface area contributed by atoms with E-state index in [2.05, 4.69) is 188 Å². The number of nitrogens with zero attached hydrogens (tertiary/aromatic N) is 4. The molecule has 0 N–H and O–H groups in total. The smallest absolute Gasteiger partial charge is 0.166 e. The van der Waals surface area contributed by atoms with Gasteiger partial charge in [-0.3, -0.25) is 0 Å². The highest BCUT2D eigenvalue weighted by atomic mass is 32.1. The van der Waals surface area contributed by atoms with Crippen LogP contribution >= 0.6 is 11.3 Å². The summed E-state index contributed by atoms with van der Waals surface area (Å²) >= 11 is 1.84. The van der Waals surface area contributed by atoms with Crippen LogP contribution in [0.4, 0.5) is 0 Å². The number of fused-ring (bicyclic) bond motifs is 6. The molecule has 3 aromatic heterocycles. The number of thiophene rings is 1. The molecule has 0 aliphatic heterocycles. The maximum Gasteiger partial charge on any atom is 0.166 e. The molecule has 302 valence electrons. The van der Waals surface area contributed by atoms with Crippen molar-refractivity contribution in [2.75, 3.05) is 0 Å². The molecule has 9 aromatic carbocycles. The lowest BCUT2D eigenvalue weighted by molar-refractivity contribution is 1.06. The quantitative estimate of drug-likeness (QED) is 0.161. The third-order valence-electron chi connectivity index (χ3n) is 12.4. The first-order chi connectivity index (χ1) is 31.5. The number of hydrogen-bond acceptors (Lipinski definition) is 4. The van der Waals surface area contributed by atoms with Gasteiger partial charge in [-0.1, -0.05) is 163 Å². The molecule has 5 heteroatoms. The van der Waals surface area contributed by atoms with Crippen LogP contribution in [0.15, 0.2) is 206 Å². The number of benzene rings is 9. The Morgan fingerprint density at radius 1 is 0.328 bits per heavy atom. The molecule has 0 aliphatic carbocycles. The molecule has 12 aromatic rings. The van der Waals surface area contributed by atoms with E-state index in [1.54, 1.807) is 0 Å². The number of rotatable bonds is 7. The first-order valence-corrected chi connectivity index (χ1v) is 22.5. The first kappa shape index (κ1) is 37.7. The zero-order valence-corrected chi connectivity index (χ0v) is 36.1. The van der Waals surface area contributed by atoms with Gasteiger partial charge in [-0.05, 0) is 102 Å². The molecule has 4 nitrogen and oxygen atoms in total. The number of hydrogen-bond donors (Lipinski definition) is 0. The van der Waals surface area contributed by atoms with Crippen LogP contribution in [0.3, 0.4) is 0 Å². The fourth-order valence-electron chi connectivity index (χ4n) is 9.22. The Morgan fingerprint density at radius 3 is 1.38 bits per heavy atom. The van der Waals surface area contributed by atoms with Gasteiger partial charge in [-0.15, -0.1) is 11.3 Å². The summed E-state index contributed by atoms with van der Waals surface area (Å²) in [5.41, 5.74) is 15.4. The zero-order chi connectivity index (χ0) is 42.7. The standard InChI is InChI=1S/C59H40N4S/c1-37-13-11-19-41(31-37)43-23-27-52-48(33-43)49-34-44(42-20-12-14-38(2)32-42)24-28-53(49)63(52)54-29-25-45(46-26-30-56-50(35-46)47-21-9-10-22-55(47)64-56)36-51(54)59-61-57(39-15-5-3-6-16-39)60-58(62-59)40-17-7-4-8-18-40/h3-36H,1-2H3. The SMILES string of the molecule is Cc1cccc(-c2ccc3c(c2)c2cc(-c4cccc(C)c4)ccc2n3-c2ccc(-c3ccc4sc5ccccc5c4c3)cc2-c2nc(-c3ccccc3)nc(-c3ccccc3)n2)c1. The molecule has 0 saturated carbocycles. The van der Waals surface area contributed by atoms with Crippen LogP contribution in [0.5, 0.6) is 0 Å². The van der Waals surface area contributed by atoms with Gasteiger partial charge in [0.2, 0.25) is 0 Å². The minimum Gasteiger partial charge on any atom is -0.308 e. The maximum atomic E-state index is 5.34. The Morgan fingerprint density at radius 2 is 0.781 bits per heavy atom. The second-order valence-corrected chi connectivity index (χ2v) is 17.7. The van der Waals surface area contributed by atoms with E-state index in [1.807, 2.05) is 47.7 Å². The Bertz CT molecular complexity index is 3590. The zero-order valence-electron chi connectivity index (χ0n) is 35.3. The largest absolute Gasteiger partial charge is 0.308 e. The second kappa shape index (κ2) is 15.4. The van der Waals surface area contributed by atoms with E-state index in [9.17, 15) is 0 Å². The summed E-state index contributed by atoms with van der Waals surface area (Å²) in [4.78, 5) is 15.8. The van der Waals surface area contributed by atoms with E-state index in [4.69, 9.17) is 15.0 Å². The summed E-state index contributed by atoms with van der Waals surface area (Å²) in [6.45, 7) is 4.31. The van der Waals surface area contributed by atoms with E-state index in [1.165, 1.54) is 64.3 Å². The summed E-state index contributed by atoms with van der Waals surface area (Å²) in [6, 6.07) is 74.1. The van der Waals surface area contributed by atoms with Crippen molar-refractivity contribution in [2.24, 2.45) is 0 Å². The minimum atomic E-state index is 0.606. The normalized spacial score (nSPS) is 11.6. The predicted molar refractivity (Wildman–Crippen MR) is 269 cm³/mol. The molecule has 0 fully saturated rings. The lowest BCUT2D eigenvalue weighted by Crippen LogP contribution is -2.04. The van der Waals surface area contributed by atoms with Crippen LogP contribution in [0, 0.1) is 13.8 Å². The van der Waals surface area contributed by atoms with E-state index in [0.29, 0.717) is 17.5 Å². The topological polar surface area (TPSA) is 43.6 Å². The Hall–Kier alpha value is -7.99. The summed E-state index contributed by atoms with van der Waals surface area (Å²) in [5, 5.41) is 4.90. The van der Waals surface area contributed by atoms with E-state index in [0.717, 1.165) is 44.5 Å². The lowest BCUT2D eigenvalue weighted by atomic mass is 9.99. The summed E-state index contributed by atoms with van der Waals surface area (Å²) in [6.07, 6.45) is 0. The molecule has 3 heterocycles. The lowest BCUT2D eigenvalue weighted by Gasteiger charge is -2.17. The van der Waals surface area contributed by atoms with Crippen molar-refractivity contribution in [3.05, 3.63) is 217 Å². The molecular formula is C59H40N4S. The third-order valence-corrected chi connectivity index (χ3v) is 13.5. The highest BCUT2D eigenvalue weighted by Gasteiger charge is 2.22. The molecule has 0 bridgehead atoms. The average molecular weight is 837 g/mol. The molecule has 12 rings (SSSR count). The highest BCUT2D eigenvalue weighted by molar-refractivity contribution is 7.25. The maximum absolute atomic E-state index is 5.34. The minimum absolute atomic E-state index is 0.606. The Balaban J connectivity index is 1.15. The molecule has 0 unspecified atom stereocenters. The van der Waals surface area contributed by atoms with Crippen LogP contribution in [0.1, 0.15) is 11.1 Å². The predicted octanol–water partition coefficient (Wildman–Crippen LogP) is 16.0. The Labute approximate surface area is 375 Å². The van der Waals surface area contributed by atoms with Gasteiger partial charge in [-0.25, -0.2) is 15.0 Å². The van der Waals surface area contributed by atoms with Crippen molar-refractivity contribution in [2.45, 2.75) is 13.8 Å². The highest BCUT2D eigenvalue weighted by Crippen LogP contribution is 2.42. The van der Waals surface area contributed by atoms with Gasteiger partial charge in [-0.2, -0.15) is 0 Å². The molecule has 0 amide bonds. The number of aromatic nitrogens is 4. The summed E-state index contributed by atoms with van der Waals surface area (Å²) < 4.78 is 4.98. The van der Waals surface area contributed by atoms with Gasteiger partial charge in [0.25, 0.3) is 0 Å². The molecule has 0 aliphatic rings. The van der Waals surface area contributed by atoms with Gasteiger partial charge >= 0.3 is 0 Å². The first-order valence-electron chi connectivity index (χ1n) is 21.7. The van der Waals surface area contributed by atoms with Gasteiger partial charge < -0.3 is 4.57 Å². The second-order valence-electron chi connectivity index (χ2n) is 16.6. The fraction of sp³-hybridized carbons (Fsp3) is 0.0339. The van der Waals surface area contributed by atoms with E-state index in [-0.39, 0.29) is 0 Å². The molecule has 0 spiro atoms. The van der Waals surface area contributed by atoms with E-state index >= 15 is 0 Å². The molecule has 64 heavy (non-hydrogen) atoms. The fourth-order valence-corrected chi connectivity index (χ4v) is 10.3. The van der Waals surface area contributed by atoms with Gasteiger partial charge in [0.05, 0.1) is 16.7 Å². The molecule has 0 radical (unpaired) electrons. The van der Waals surface area contributed by atoms with Crippen molar-refractivity contribution in [1.29, 1.82) is 0 Å². The van der Waals surface area contributed by atoms with Gasteiger partial charge in [0, 0.05) is 47.6 Å². The summed E-state index contributed by atoms with van der Waals surface area (Å²) in [5.74, 6) is 1.86. The molecule has 0 atom stereocenters. The molecule has 0 saturated heterocycles. The van der Waals surface area contributed by atoms with Crippen LogP contribution in [-0.2, 0) is 0 Å². The Kier molecular flexibility index (Phi) is 9.09. The van der Waals surface area contributed by atoms with Crippen molar-refractivity contribution in [1.82, 2.24) is 19.5 Å². The molecular weight excluding hydrogens is 797 g/mol. The van der Waals surface area contributed by atoms with Crippen molar-refractivity contribution in [3.63, 3.8) is 0 Å². The monoisotopic (exact) mass is 836 g/mol. The average Bonchev–Trinajstić information content (AvgIpc) is 3.89. The van der Waals surface area contributed by atoms with Crippen LogP contribution in [0.2, 0.25) is 0 Å². The van der Waals surface area contributed by atoms with E-state index < -0.39 is 0 Å². The van der Waals surface area contributed by atoms with Crippen molar-refractivity contribution < 1.29 is 0 Å². The van der Waals surface area contributed by atoms with Crippen LogP contribution < -0.4 is 0 Å². The summed E-state index contributed by atoms with van der Waals surface area (Å²) in [7, 11) is 0. The van der Waals surface area contributed by atoms with Gasteiger partial charge in [0.1, 0.15) is 0 Å². The van der Waals surface area contributed by atoms with Crippen LogP contribution in [-0.4, -0.2) is 19.5 Å². The van der Waals surface area contributed by atoms with Crippen molar-refractivity contribution >= 4 is 53.3 Å². The van der Waals surface area contributed by atoms with Crippen molar-refractivity contribution in [3.8, 4) is 73.2 Å². The van der Waals surface area contributed by atoms with Gasteiger partial charge in [0.15, 0.2) is 17.5 Å².